The van der Waals surface area contributed by atoms with Crippen molar-refractivity contribution in [1.82, 2.24) is 4.98 Å². The van der Waals surface area contributed by atoms with E-state index in [1.807, 2.05) is 6.92 Å². The lowest BCUT2D eigenvalue weighted by Crippen LogP contribution is -2.05. The highest BCUT2D eigenvalue weighted by Gasteiger charge is 2.25. The van der Waals surface area contributed by atoms with Crippen LogP contribution in [0.4, 0.5) is 5.69 Å². The number of aromatic amines is 1. The molecule has 5 nitrogen and oxygen atoms in total. The van der Waals surface area contributed by atoms with Crippen LogP contribution in [0.25, 0.3) is 11.6 Å². The van der Waals surface area contributed by atoms with E-state index in [2.05, 4.69) is 10.3 Å². The molecule has 1 aromatic heterocycles. The van der Waals surface area contributed by atoms with Crippen LogP contribution in [-0.2, 0) is 9.53 Å². The molecule has 1 aromatic carbocycles. The van der Waals surface area contributed by atoms with Gasteiger partial charge in [-0.25, -0.2) is 4.79 Å². The Kier molecular flexibility index (Phi) is 3.96. The highest BCUT2D eigenvalue weighted by molar-refractivity contribution is 6.36. The van der Waals surface area contributed by atoms with Gasteiger partial charge in [0.05, 0.1) is 12.2 Å². The fourth-order valence-corrected chi connectivity index (χ4v) is 2.66. The lowest BCUT2D eigenvalue weighted by atomic mass is 10.1. The summed E-state index contributed by atoms with van der Waals surface area (Å²) in [5.74, 6) is -0.617. The van der Waals surface area contributed by atoms with Gasteiger partial charge >= 0.3 is 5.97 Å². The van der Waals surface area contributed by atoms with Crippen LogP contribution in [0.5, 0.6) is 0 Å². The number of halogens is 1. The van der Waals surface area contributed by atoms with E-state index >= 15 is 0 Å². The Hall–Kier alpha value is -2.53. The number of esters is 1. The Morgan fingerprint density at radius 3 is 2.87 bits per heavy atom. The molecule has 0 unspecified atom stereocenters. The molecule has 0 atom stereocenters. The Morgan fingerprint density at radius 1 is 1.35 bits per heavy atom. The second-order valence-corrected chi connectivity index (χ2v) is 5.64. The zero-order chi connectivity index (χ0) is 16.6. The van der Waals surface area contributed by atoms with E-state index in [0.29, 0.717) is 28.6 Å². The third-order valence-corrected chi connectivity index (χ3v) is 3.84. The third-order valence-electron chi connectivity index (χ3n) is 3.60. The number of rotatable bonds is 3. The molecular formula is C17H15ClN2O3. The van der Waals surface area contributed by atoms with Gasteiger partial charge in [0.2, 0.25) is 0 Å². The summed E-state index contributed by atoms with van der Waals surface area (Å²) in [5, 5.41) is 3.35. The zero-order valence-corrected chi connectivity index (χ0v) is 13.5. The minimum atomic E-state index is -0.417. The molecule has 2 aromatic rings. The Bertz CT molecular complexity index is 836. The molecule has 0 saturated heterocycles. The number of hydrogen-bond acceptors (Lipinski definition) is 3. The number of nitrogens with one attached hydrogen (secondary N) is 2. The maximum atomic E-state index is 12.2. The van der Waals surface area contributed by atoms with Crippen molar-refractivity contribution in [3.05, 3.63) is 51.8 Å². The number of anilines is 1. The predicted octanol–water partition coefficient (Wildman–Crippen LogP) is 3.65. The molecule has 1 aliphatic heterocycles. The Labute approximate surface area is 138 Å². The van der Waals surface area contributed by atoms with Crippen LogP contribution in [0.1, 0.15) is 34.2 Å². The maximum absolute atomic E-state index is 12.2. The molecule has 0 aliphatic carbocycles. The fourth-order valence-electron chi connectivity index (χ4n) is 2.49. The van der Waals surface area contributed by atoms with Crippen LogP contribution in [0.2, 0.25) is 5.02 Å². The van der Waals surface area contributed by atoms with Crippen LogP contribution < -0.4 is 5.32 Å². The minimum absolute atomic E-state index is 0.200. The molecule has 6 heteroatoms. The van der Waals surface area contributed by atoms with E-state index in [1.165, 1.54) is 0 Å². The molecule has 1 amide bonds. The molecular weight excluding hydrogens is 316 g/mol. The number of aryl methyl sites for hydroxylation is 1. The van der Waals surface area contributed by atoms with Crippen molar-refractivity contribution in [1.29, 1.82) is 0 Å². The lowest BCUT2D eigenvalue weighted by molar-refractivity contribution is -0.110. The topological polar surface area (TPSA) is 71.2 Å². The van der Waals surface area contributed by atoms with Crippen LogP contribution in [0.15, 0.2) is 24.3 Å². The molecule has 3 rings (SSSR count). The third kappa shape index (κ3) is 2.87. The monoisotopic (exact) mass is 330 g/mol. The second kappa shape index (κ2) is 5.93. The van der Waals surface area contributed by atoms with Gasteiger partial charge in [-0.3, -0.25) is 4.79 Å². The van der Waals surface area contributed by atoms with Gasteiger partial charge in [-0.05, 0) is 49.8 Å². The van der Waals surface area contributed by atoms with Crippen molar-refractivity contribution < 1.29 is 14.3 Å². The van der Waals surface area contributed by atoms with Gasteiger partial charge in [0, 0.05) is 22.0 Å². The smallest absolute Gasteiger partial charge is 0.354 e. The lowest BCUT2D eigenvalue weighted by Gasteiger charge is -2.00. The van der Waals surface area contributed by atoms with Crippen LogP contribution in [-0.4, -0.2) is 23.5 Å². The number of carbonyl (C=O) groups is 2. The molecule has 0 saturated carbocycles. The quantitative estimate of drug-likeness (QED) is 0.666. The average molecular weight is 331 g/mol. The van der Waals surface area contributed by atoms with Crippen molar-refractivity contribution in [2.45, 2.75) is 13.8 Å². The predicted molar refractivity (Wildman–Crippen MR) is 89.4 cm³/mol. The van der Waals surface area contributed by atoms with Gasteiger partial charge in [-0.1, -0.05) is 11.6 Å². The van der Waals surface area contributed by atoms with Crippen molar-refractivity contribution >= 4 is 40.8 Å². The van der Waals surface area contributed by atoms with E-state index in [9.17, 15) is 9.59 Å². The summed E-state index contributed by atoms with van der Waals surface area (Å²) < 4.78 is 4.97. The van der Waals surface area contributed by atoms with Crippen molar-refractivity contribution in [3.63, 3.8) is 0 Å². The summed E-state index contributed by atoms with van der Waals surface area (Å²) in [4.78, 5) is 27.0. The molecule has 23 heavy (non-hydrogen) atoms. The normalized spacial score (nSPS) is 14.7. The molecule has 2 heterocycles. The molecule has 0 fully saturated rings. The number of fused-ring (bicyclic) bond motifs is 1. The zero-order valence-electron chi connectivity index (χ0n) is 12.7. The summed E-state index contributed by atoms with van der Waals surface area (Å²) in [7, 11) is 0. The summed E-state index contributed by atoms with van der Waals surface area (Å²) in [6.07, 6.45) is 1.72. The highest BCUT2D eigenvalue weighted by atomic mass is 35.5. The largest absolute Gasteiger partial charge is 0.461 e. The van der Waals surface area contributed by atoms with Crippen molar-refractivity contribution in [3.8, 4) is 0 Å². The molecule has 0 radical (unpaired) electrons. The van der Waals surface area contributed by atoms with Gasteiger partial charge in [0.25, 0.3) is 5.91 Å². The van der Waals surface area contributed by atoms with Gasteiger partial charge in [0.1, 0.15) is 5.69 Å². The molecule has 1 aliphatic rings. The van der Waals surface area contributed by atoms with E-state index in [4.69, 9.17) is 16.3 Å². The van der Waals surface area contributed by atoms with Crippen LogP contribution in [0, 0.1) is 6.92 Å². The first-order chi connectivity index (χ1) is 11.0. The SMILES string of the molecule is CCOC(=O)c1cc(C)c(C=C2C(=O)Nc3ccc(Cl)cc32)[nH]1. The summed E-state index contributed by atoms with van der Waals surface area (Å²) in [5.41, 5.74) is 3.87. The number of ether oxygens (including phenoxy) is 1. The van der Waals surface area contributed by atoms with Gasteiger partial charge in [-0.15, -0.1) is 0 Å². The summed E-state index contributed by atoms with van der Waals surface area (Å²) in [6, 6.07) is 6.94. The Morgan fingerprint density at radius 2 is 2.13 bits per heavy atom. The van der Waals surface area contributed by atoms with Crippen LogP contribution in [0.3, 0.4) is 0 Å². The number of carbonyl (C=O) groups excluding carboxylic acids is 2. The number of aromatic nitrogens is 1. The summed E-state index contributed by atoms with van der Waals surface area (Å²) in [6.45, 7) is 3.92. The van der Waals surface area contributed by atoms with E-state index in [0.717, 1.165) is 16.8 Å². The minimum Gasteiger partial charge on any atom is -0.461 e. The number of hydrogen-bond donors (Lipinski definition) is 2. The van der Waals surface area contributed by atoms with E-state index in [1.54, 1.807) is 37.3 Å². The number of H-pyrrole nitrogens is 1. The van der Waals surface area contributed by atoms with Crippen molar-refractivity contribution in [2.75, 3.05) is 11.9 Å². The average Bonchev–Trinajstić information content (AvgIpc) is 3.01. The summed E-state index contributed by atoms with van der Waals surface area (Å²) >= 11 is 6.02. The second-order valence-electron chi connectivity index (χ2n) is 5.20. The maximum Gasteiger partial charge on any atom is 0.354 e. The van der Waals surface area contributed by atoms with Crippen molar-refractivity contribution in [2.24, 2.45) is 0 Å². The number of amides is 1. The van der Waals surface area contributed by atoms with Gasteiger partial charge in [0.15, 0.2) is 0 Å². The highest BCUT2D eigenvalue weighted by Crippen LogP contribution is 2.35. The first-order valence-corrected chi connectivity index (χ1v) is 7.57. The standard InChI is InChI=1S/C17H15ClN2O3/c1-3-23-17(22)15-6-9(2)14(19-15)8-12-11-7-10(18)4-5-13(11)20-16(12)21/h4-8,19H,3H2,1-2H3,(H,20,21). The first kappa shape index (κ1) is 15.4. The van der Waals surface area contributed by atoms with Crippen LogP contribution >= 0.6 is 11.6 Å². The van der Waals surface area contributed by atoms with E-state index in [-0.39, 0.29) is 5.91 Å². The first-order valence-electron chi connectivity index (χ1n) is 7.19. The van der Waals surface area contributed by atoms with Gasteiger partial charge in [-0.2, -0.15) is 0 Å². The number of benzene rings is 1. The van der Waals surface area contributed by atoms with Gasteiger partial charge < -0.3 is 15.0 Å². The fraction of sp³-hybridized carbons (Fsp3) is 0.176. The molecule has 0 spiro atoms. The molecule has 2 N–H and O–H groups in total. The molecule has 0 bridgehead atoms. The molecule has 118 valence electrons. The Balaban J connectivity index is 2.01. The van der Waals surface area contributed by atoms with E-state index < -0.39 is 5.97 Å².